The number of anilines is 1. The van der Waals surface area contributed by atoms with Crippen molar-refractivity contribution in [3.63, 3.8) is 0 Å². The molecule has 4 N–H and O–H groups in total. The smallest absolute Gasteiger partial charge is 0.362 e. The number of nitrogen functional groups attached to an aromatic ring is 1. The van der Waals surface area contributed by atoms with Gasteiger partial charge in [0.25, 0.3) is 11.9 Å². The molecule has 3 heterocycles. The molecule has 12 heteroatoms. The summed E-state index contributed by atoms with van der Waals surface area (Å²) in [5.41, 5.74) is 11.8. The van der Waals surface area contributed by atoms with E-state index in [4.69, 9.17) is 66.7 Å². The zero-order chi connectivity index (χ0) is 24.3. The summed E-state index contributed by atoms with van der Waals surface area (Å²) < 4.78 is 12.4. The Bertz CT molecular complexity index is 1690. The van der Waals surface area contributed by atoms with E-state index in [9.17, 15) is 9.59 Å². The molecule has 0 radical (unpaired) electrons. The van der Waals surface area contributed by atoms with Crippen molar-refractivity contribution in [2.45, 2.75) is 5.92 Å². The van der Waals surface area contributed by atoms with Gasteiger partial charge >= 0.3 is 5.63 Å². The van der Waals surface area contributed by atoms with Crippen molar-refractivity contribution in [2.24, 2.45) is 5.73 Å². The highest BCUT2D eigenvalue weighted by Crippen LogP contribution is 2.41. The number of rotatable bonds is 3. The molecule has 172 valence electrons. The Morgan fingerprint density at radius 1 is 1.03 bits per heavy atom. The van der Waals surface area contributed by atoms with E-state index in [2.05, 4.69) is 4.98 Å². The Morgan fingerprint density at radius 2 is 1.71 bits per heavy atom. The number of carbonyl (C=O) groups excluding carboxylic acids is 1. The first-order valence-corrected chi connectivity index (χ1v) is 11.1. The number of amides is 1. The fraction of sp³-hybridized carbons (Fsp3) is 0.0455. The predicted octanol–water partition coefficient (Wildman–Crippen LogP) is 3.22. The van der Waals surface area contributed by atoms with Crippen LogP contribution in [0.25, 0.3) is 17.5 Å². The summed E-state index contributed by atoms with van der Waals surface area (Å²) in [5.74, 6) is -1.73. The molecular weight excluding hydrogens is 526 g/mol. The third-order valence-electron chi connectivity index (χ3n) is 5.28. The first-order chi connectivity index (χ1) is 16.2. The summed E-state index contributed by atoms with van der Waals surface area (Å²) in [6.45, 7) is 0. The molecule has 0 fully saturated rings. The number of hydrogen-bond donors (Lipinski definition) is 2. The fourth-order valence-electron chi connectivity index (χ4n) is 3.89. The van der Waals surface area contributed by atoms with Crippen LogP contribution < -0.4 is 28.0 Å². The minimum atomic E-state index is -0.934. The van der Waals surface area contributed by atoms with E-state index in [1.807, 2.05) is 0 Å². The fourth-order valence-corrected chi connectivity index (χ4v) is 4.87. The molecule has 2 aromatic carbocycles. The molecule has 1 amide bonds. The van der Waals surface area contributed by atoms with E-state index >= 15 is 0 Å². The molecular formula is C22H12Cl4N4O4. The van der Waals surface area contributed by atoms with Crippen LogP contribution in [0.5, 0.6) is 0 Å². The lowest BCUT2D eigenvalue weighted by molar-refractivity contribution is -0.113. The maximum absolute atomic E-state index is 12.9. The molecule has 8 nitrogen and oxygen atoms in total. The van der Waals surface area contributed by atoms with Crippen molar-refractivity contribution >= 4 is 70.0 Å². The van der Waals surface area contributed by atoms with E-state index in [-0.39, 0.29) is 39.1 Å². The molecule has 0 unspecified atom stereocenters. The molecule has 0 saturated heterocycles. The largest absolute Gasteiger partial charge is 0.406 e. The van der Waals surface area contributed by atoms with E-state index in [1.165, 1.54) is 22.8 Å². The van der Waals surface area contributed by atoms with Gasteiger partial charge in [-0.25, -0.2) is 9.36 Å². The topological polar surface area (TPSA) is 130 Å². The normalized spacial score (nSPS) is 15.4. The number of primary amides is 1. The van der Waals surface area contributed by atoms with Gasteiger partial charge in [-0.2, -0.15) is 4.98 Å². The van der Waals surface area contributed by atoms with Gasteiger partial charge in [0.05, 0.1) is 11.5 Å². The number of hydrogen-bond acceptors (Lipinski definition) is 6. The Balaban J connectivity index is 1.92. The molecule has 2 aromatic heterocycles. The van der Waals surface area contributed by atoms with Crippen LogP contribution >= 0.6 is 46.4 Å². The maximum atomic E-state index is 12.9. The lowest BCUT2D eigenvalue weighted by Crippen LogP contribution is -2.38. The zero-order valence-electron chi connectivity index (χ0n) is 16.8. The SMILES string of the molecule is NC(=O)C1=c2oc(=O)/c(=C\c3ccc(Cl)cc3Cl)n2-c2oc(N)nc2[C@H]1c1ccc(Cl)cc1Cl. The summed E-state index contributed by atoms with van der Waals surface area (Å²) in [6, 6.07) is 9.27. The highest BCUT2D eigenvalue weighted by Gasteiger charge is 2.39. The van der Waals surface area contributed by atoms with Gasteiger partial charge in [-0.3, -0.25) is 4.79 Å². The minimum Gasteiger partial charge on any atom is -0.406 e. The lowest BCUT2D eigenvalue weighted by Gasteiger charge is -2.22. The van der Waals surface area contributed by atoms with Crippen LogP contribution in [0.3, 0.4) is 0 Å². The molecule has 0 spiro atoms. The molecule has 1 atom stereocenters. The van der Waals surface area contributed by atoms with Gasteiger partial charge in [0.15, 0.2) is 0 Å². The first kappa shape index (κ1) is 22.6. The van der Waals surface area contributed by atoms with Crippen molar-refractivity contribution in [2.75, 3.05) is 5.73 Å². The number of benzene rings is 2. The van der Waals surface area contributed by atoms with Crippen LogP contribution in [-0.4, -0.2) is 15.5 Å². The van der Waals surface area contributed by atoms with E-state index < -0.39 is 17.5 Å². The minimum absolute atomic E-state index is 0.00368. The van der Waals surface area contributed by atoms with Crippen molar-refractivity contribution in [1.29, 1.82) is 0 Å². The summed E-state index contributed by atoms with van der Waals surface area (Å²) in [6.07, 6.45) is 1.46. The van der Waals surface area contributed by atoms with E-state index in [0.717, 1.165) is 0 Å². The molecule has 34 heavy (non-hydrogen) atoms. The van der Waals surface area contributed by atoms with Crippen molar-refractivity contribution in [3.05, 3.63) is 94.6 Å². The number of halogens is 4. The summed E-state index contributed by atoms with van der Waals surface area (Å²) in [7, 11) is 0. The highest BCUT2D eigenvalue weighted by molar-refractivity contribution is 6.36. The Kier molecular flexibility index (Phi) is 5.49. The number of nitrogens with zero attached hydrogens (tertiary/aromatic N) is 2. The highest BCUT2D eigenvalue weighted by atomic mass is 35.5. The Hall–Kier alpha value is -3.17. The van der Waals surface area contributed by atoms with Gasteiger partial charge in [0.1, 0.15) is 11.0 Å². The number of carbonyl (C=O) groups is 1. The molecule has 0 saturated carbocycles. The number of aromatic nitrogens is 2. The quantitative estimate of drug-likeness (QED) is 0.412. The van der Waals surface area contributed by atoms with Gasteiger partial charge < -0.3 is 20.3 Å². The van der Waals surface area contributed by atoms with Gasteiger partial charge in [0, 0.05) is 20.1 Å². The van der Waals surface area contributed by atoms with Crippen LogP contribution in [0, 0.1) is 0 Å². The second-order valence-corrected chi connectivity index (χ2v) is 9.03. The van der Waals surface area contributed by atoms with Crippen molar-refractivity contribution < 1.29 is 13.6 Å². The molecule has 1 aliphatic heterocycles. The number of nitrogens with two attached hydrogens (primary N) is 2. The van der Waals surface area contributed by atoms with Crippen LogP contribution in [0.1, 0.15) is 22.7 Å². The molecule has 5 rings (SSSR count). The van der Waals surface area contributed by atoms with Crippen molar-refractivity contribution in [3.8, 4) is 5.88 Å². The standard InChI is InChI=1S/C22H12Cl4N4O4/c23-9-2-1-8(12(25)6-9)5-14-21(32)33-19-16(18(27)31)15(11-4-3-10(24)7-13(11)26)17-20(30(14)19)34-22(28)29-17/h1-7,15H,(H2,27,31)(H2,28,29)/b14-5+/t15-/m0/s1. The van der Waals surface area contributed by atoms with Crippen LogP contribution in [-0.2, 0) is 4.79 Å². The van der Waals surface area contributed by atoms with Crippen molar-refractivity contribution in [1.82, 2.24) is 9.55 Å². The molecule has 0 bridgehead atoms. The maximum Gasteiger partial charge on any atom is 0.362 e. The third-order valence-corrected chi connectivity index (χ3v) is 6.41. The summed E-state index contributed by atoms with van der Waals surface area (Å²) >= 11 is 24.7. The van der Waals surface area contributed by atoms with Gasteiger partial charge in [-0.15, -0.1) is 0 Å². The molecule has 4 aromatic rings. The van der Waals surface area contributed by atoms with Gasteiger partial charge in [0.2, 0.25) is 11.4 Å². The average molecular weight is 538 g/mol. The van der Waals surface area contributed by atoms with Crippen LogP contribution in [0.15, 0.2) is 50.0 Å². The third kappa shape index (κ3) is 3.59. The first-order valence-electron chi connectivity index (χ1n) is 9.60. The molecule has 1 aliphatic rings. The Morgan fingerprint density at radius 3 is 2.35 bits per heavy atom. The number of fused-ring (bicyclic) bond motifs is 3. The van der Waals surface area contributed by atoms with E-state index in [0.29, 0.717) is 26.2 Å². The summed E-state index contributed by atoms with van der Waals surface area (Å²) in [4.78, 5) is 29.9. The van der Waals surface area contributed by atoms with Gasteiger partial charge in [-0.05, 0) is 41.5 Å². The monoisotopic (exact) mass is 536 g/mol. The lowest BCUT2D eigenvalue weighted by atomic mass is 9.86. The average Bonchev–Trinajstić information content (AvgIpc) is 3.28. The zero-order valence-corrected chi connectivity index (χ0v) is 19.8. The molecule has 0 aliphatic carbocycles. The van der Waals surface area contributed by atoms with Gasteiger partial charge in [-0.1, -0.05) is 58.5 Å². The second kappa shape index (κ2) is 8.25. The van der Waals surface area contributed by atoms with Crippen LogP contribution in [0.4, 0.5) is 6.01 Å². The second-order valence-electron chi connectivity index (χ2n) is 7.34. The Labute approximate surface area is 210 Å². The van der Waals surface area contributed by atoms with E-state index in [1.54, 1.807) is 24.3 Å². The number of oxazole rings is 2. The summed E-state index contributed by atoms with van der Waals surface area (Å²) in [5, 5.41) is 1.34. The van der Waals surface area contributed by atoms with Crippen LogP contribution in [0.2, 0.25) is 20.1 Å². The predicted molar refractivity (Wildman–Crippen MR) is 129 cm³/mol.